The highest BCUT2D eigenvalue weighted by Gasteiger charge is 2.29. The first-order valence-corrected chi connectivity index (χ1v) is 9.86. The normalized spacial score (nSPS) is 13.8. The van der Waals surface area contributed by atoms with Crippen LogP contribution in [0.2, 0.25) is 0 Å². The maximum Gasteiger partial charge on any atom is 0.323 e. The van der Waals surface area contributed by atoms with E-state index in [0.29, 0.717) is 37.4 Å². The number of nitrogens with zero attached hydrogens (tertiary/aromatic N) is 1. The lowest BCUT2D eigenvalue weighted by molar-refractivity contribution is -0.122. The fraction of sp³-hybridized carbons (Fsp3) is 0.318. The Morgan fingerprint density at radius 1 is 1.13 bits per heavy atom. The molecule has 3 N–H and O–H groups in total. The van der Waals surface area contributed by atoms with Crippen molar-refractivity contribution in [1.82, 2.24) is 10.6 Å². The van der Waals surface area contributed by atoms with Crippen molar-refractivity contribution in [2.45, 2.75) is 18.9 Å². The molecule has 3 rings (SSSR count). The highest BCUT2D eigenvalue weighted by molar-refractivity contribution is 6.10. The van der Waals surface area contributed by atoms with Gasteiger partial charge in [-0.1, -0.05) is 42.5 Å². The predicted octanol–water partition coefficient (Wildman–Crippen LogP) is 1.92. The second-order valence-corrected chi connectivity index (χ2v) is 6.98. The van der Waals surface area contributed by atoms with E-state index >= 15 is 0 Å². The van der Waals surface area contributed by atoms with Crippen molar-refractivity contribution in [3.63, 3.8) is 0 Å². The quantitative estimate of drug-likeness (QED) is 0.579. The minimum atomic E-state index is -0.778. The Bertz CT molecular complexity index is 888. The molecular weight excluding hydrogens is 384 g/mol. The van der Waals surface area contributed by atoms with E-state index in [0.717, 1.165) is 5.56 Å². The number of carbonyl (C=O) groups excluding carboxylic acids is 3. The lowest BCUT2D eigenvalue weighted by Gasteiger charge is -2.30. The molecule has 1 atom stereocenters. The Kier molecular flexibility index (Phi) is 7.40. The SMILES string of the molecule is COCCCNC(=O)[C@@H](Cc1ccccc1)NC(=O)N1CC(=O)Nc2ccccc21. The van der Waals surface area contributed by atoms with Gasteiger partial charge in [0.1, 0.15) is 12.6 Å². The first kappa shape index (κ1) is 21.3. The molecule has 0 spiro atoms. The lowest BCUT2D eigenvalue weighted by atomic mass is 10.1. The molecule has 0 aromatic heterocycles. The zero-order chi connectivity index (χ0) is 21.3. The predicted molar refractivity (Wildman–Crippen MR) is 114 cm³/mol. The number of urea groups is 1. The topological polar surface area (TPSA) is 99.8 Å². The summed E-state index contributed by atoms with van der Waals surface area (Å²) in [5, 5.41) is 8.39. The summed E-state index contributed by atoms with van der Waals surface area (Å²) < 4.78 is 5.00. The van der Waals surface area contributed by atoms with E-state index in [9.17, 15) is 14.4 Å². The Balaban J connectivity index is 1.74. The van der Waals surface area contributed by atoms with Gasteiger partial charge in [0.2, 0.25) is 11.8 Å². The third kappa shape index (κ3) is 5.57. The first-order chi connectivity index (χ1) is 14.6. The number of carbonyl (C=O) groups is 3. The third-order valence-electron chi connectivity index (χ3n) is 4.74. The molecule has 0 saturated carbocycles. The molecule has 30 heavy (non-hydrogen) atoms. The molecule has 0 radical (unpaired) electrons. The standard InChI is InChI=1S/C22H26N4O4/c1-30-13-7-12-23-21(28)18(14-16-8-3-2-4-9-16)25-22(29)26-15-20(27)24-17-10-5-6-11-19(17)26/h2-6,8-11,18H,7,12-15H2,1H3,(H,23,28)(H,24,27)(H,25,29)/t18-/m1/s1. The van der Waals surface area contributed by atoms with Gasteiger partial charge in [-0.05, 0) is 24.1 Å². The molecule has 2 aromatic rings. The van der Waals surface area contributed by atoms with Crippen LogP contribution in [0.25, 0.3) is 0 Å². The van der Waals surface area contributed by atoms with Gasteiger partial charge in [-0.15, -0.1) is 0 Å². The Morgan fingerprint density at radius 2 is 1.87 bits per heavy atom. The van der Waals surface area contributed by atoms with Crippen molar-refractivity contribution in [2.24, 2.45) is 0 Å². The van der Waals surface area contributed by atoms with E-state index in [-0.39, 0.29) is 18.4 Å². The van der Waals surface area contributed by atoms with Gasteiger partial charge in [-0.2, -0.15) is 0 Å². The minimum absolute atomic E-state index is 0.115. The van der Waals surface area contributed by atoms with Crippen molar-refractivity contribution in [3.05, 3.63) is 60.2 Å². The number of amides is 4. The number of anilines is 2. The Hall–Kier alpha value is -3.39. The summed E-state index contributed by atoms with van der Waals surface area (Å²) in [7, 11) is 1.60. The van der Waals surface area contributed by atoms with Crippen LogP contribution >= 0.6 is 0 Å². The second kappa shape index (κ2) is 10.4. The number of nitrogens with one attached hydrogen (secondary N) is 3. The maximum atomic E-state index is 13.0. The number of hydrogen-bond donors (Lipinski definition) is 3. The number of hydrogen-bond acceptors (Lipinski definition) is 4. The largest absolute Gasteiger partial charge is 0.385 e. The second-order valence-electron chi connectivity index (χ2n) is 6.98. The number of fused-ring (bicyclic) bond motifs is 1. The minimum Gasteiger partial charge on any atom is -0.385 e. The summed E-state index contributed by atoms with van der Waals surface area (Å²) in [6.07, 6.45) is 1.01. The van der Waals surface area contributed by atoms with Crippen molar-refractivity contribution in [3.8, 4) is 0 Å². The molecule has 1 aliphatic heterocycles. The highest BCUT2D eigenvalue weighted by atomic mass is 16.5. The fourth-order valence-corrected chi connectivity index (χ4v) is 3.25. The maximum absolute atomic E-state index is 13.0. The molecule has 4 amide bonds. The average molecular weight is 410 g/mol. The molecule has 8 nitrogen and oxygen atoms in total. The summed E-state index contributed by atoms with van der Waals surface area (Å²) >= 11 is 0. The van der Waals surface area contributed by atoms with Crippen LogP contribution in [0.5, 0.6) is 0 Å². The van der Waals surface area contributed by atoms with Gasteiger partial charge in [0.25, 0.3) is 0 Å². The fourth-order valence-electron chi connectivity index (χ4n) is 3.25. The Morgan fingerprint density at radius 3 is 2.63 bits per heavy atom. The summed E-state index contributed by atoms with van der Waals surface area (Å²) in [5.74, 6) is -0.564. The number of para-hydroxylation sites is 2. The van der Waals surface area contributed by atoms with Gasteiger partial charge in [-0.3, -0.25) is 14.5 Å². The zero-order valence-electron chi connectivity index (χ0n) is 16.9. The van der Waals surface area contributed by atoms with Crippen LogP contribution in [0.1, 0.15) is 12.0 Å². The van der Waals surface area contributed by atoms with Crippen LogP contribution in [-0.4, -0.2) is 50.7 Å². The number of benzene rings is 2. The summed E-state index contributed by atoms with van der Waals surface area (Å²) in [5.41, 5.74) is 2.08. The summed E-state index contributed by atoms with van der Waals surface area (Å²) in [4.78, 5) is 39.2. The number of rotatable bonds is 8. The van der Waals surface area contributed by atoms with E-state index < -0.39 is 12.1 Å². The zero-order valence-corrected chi connectivity index (χ0v) is 16.9. The van der Waals surface area contributed by atoms with Gasteiger partial charge in [0.05, 0.1) is 11.4 Å². The third-order valence-corrected chi connectivity index (χ3v) is 4.74. The van der Waals surface area contributed by atoms with E-state index in [1.807, 2.05) is 30.3 Å². The molecule has 0 saturated heterocycles. The van der Waals surface area contributed by atoms with E-state index in [4.69, 9.17) is 4.74 Å². The van der Waals surface area contributed by atoms with Gasteiger partial charge in [-0.25, -0.2) is 4.79 Å². The van der Waals surface area contributed by atoms with E-state index in [1.165, 1.54) is 4.90 Å². The van der Waals surface area contributed by atoms with E-state index in [2.05, 4.69) is 16.0 Å². The smallest absolute Gasteiger partial charge is 0.323 e. The van der Waals surface area contributed by atoms with Crippen LogP contribution in [0, 0.1) is 0 Å². The van der Waals surface area contributed by atoms with Crippen LogP contribution in [0.3, 0.4) is 0 Å². The average Bonchev–Trinajstić information content (AvgIpc) is 2.76. The van der Waals surface area contributed by atoms with Crippen LogP contribution < -0.4 is 20.9 Å². The van der Waals surface area contributed by atoms with Crippen molar-refractivity contribution < 1.29 is 19.1 Å². The van der Waals surface area contributed by atoms with Crippen LogP contribution in [-0.2, 0) is 20.7 Å². The van der Waals surface area contributed by atoms with Crippen molar-refractivity contribution >= 4 is 29.2 Å². The number of methoxy groups -OCH3 is 1. The molecule has 158 valence electrons. The van der Waals surface area contributed by atoms with Crippen LogP contribution in [0.4, 0.5) is 16.2 Å². The van der Waals surface area contributed by atoms with Gasteiger partial charge < -0.3 is 20.7 Å². The molecule has 2 aromatic carbocycles. The molecule has 0 unspecified atom stereocenters. The van der Waals surface area contributed by atoms with Gasteiger partial charge in [0, 0.05) is 26.7 Å². The van der Waals surface area contributed by atoms with Gasteiger partial charge >= 0.3 is 6.03 Å². The van der Waals surface area contributed by atoms with Crippen LogP contribution in [0.15, 0.2) is 54.6 Å². The molecule has 0 aliphatic carbocycles. The highest BCUT2D eigenvalue weighted by Crippen LogP contribution is 2.28. The van der Waals surface area contributed by atoms with Crippen molar-refractivity contribution in [1.29, 1.82) is 0 Å². The monoisotopic (exact) mass is 410 g/mol. The first-order valence-electron chi connectivity index (χ1n) is 9.86. The molecular formula is C22H26N4O4. The Labute approximate surface area is 175 Å². The molecule has 0 fully saturated rings. The lowest BCUT2D eigenvalue weighted by Crippen LogP contribution is -2.54. The number of ether oxygens (including phenoxy) is 1. The molecule has 1 aliphatic rings. The van der Waals surface area contributed by atoms with Crippen molar-refractivity contribution in [2.75, 3.05) is 37.0 Å². The molecule has 0 bridgehead atoms. The van der Waals surface area contributed by atoms with E-state index in [1.54, 1.807) is 31.4 Å². The molecule has 8 heteroatoms. The molecule has 1 heterocycles. The van der Waals surface area contributed by atoms with Gasteiger partial charge in [0.15, 0.2) is 0 Å². The summed E-state index contributed by atoms with van der Waals surface area (Å²) in [6.45, 7) is 0.870. The summed E-state index contributed by atoms with van der Waals surface area (Å²) in [6, 6.07) is 15.3.